The molecule has 1 amide bonds. The molecule has 2 N–H and O–H groups in total. The zero-order valence-electron chi connectivity index (χ0n) is 14.9. The molecule has 136 valence electrons. The lowest BCUT2D eigenvalue weighted by molar-refractivity contribution is 0.141. The first-order valence-corrected chi connectivity index (χ1v) is 8.98. The van der Waals surface area contributed by atoms with Gasteiger partial charge in [-0.2, -0.15) is 0 Å². The summed E-state index contributed by atoms with van der Waals surface area (Å²) in [5.74, 6) is 0. The van der Waals surface area contributed by atoms with E-state index in [0.29, 0.717) is 6.54 Å². The maximum Gasteiger partial charge on any atom is 0.407 e. The second kappa shape index (κ2) is 9.63. The number of nitrogens with one attached hydrogen (secondary N) is 2. The Hall–Kier alpha value is -2.79. The van der Waals surface area contributed by atoms with Gasteiger partial charge in [0, 0.05) is 38.4 Å². The molecule has 3 rings (SSSR count). The van der Waals surface area contributed by atoms with Gasteiger partial charge in [-0.1, -0.05) is 54.6 Å². The highest BCUT2D eigenvalue weighted by atomic mass is 16.5. The van der Waals surface area contributed by atoms with Crippen LogP contribution in [-0.2, 0) is 11.3 Å². The molecule has 1 fully saturated rings. The van der Waals surface area contributed by atoms with Crippen LogP contribution in [0.3, 0.4) is 0 Å². The molecule has 5 nitrogen and oxygen atoms in total. The third-order valence-electron chi connectivity index (χ3n) is 4.24. The second-order valence-electron chi connectivity index (χ2n) is 6.18. The second-order valence-corrected chi connectivity index (χ2v) is 6.18. The van der Waals surface area contributed by atoms with E-state index < -0.39 is 6.09 Å². The van der Waals surface area contributed by atoms with Crippen molar-refractivity contribution in [2.45, 2.75) is 6.61 Å². The number of alkyl carbamates (subject to hydrolysis) is 1. The molecule has 1 saturated heterocycles. The lowest BCUT2D eigenvalue weighted by atomic mass is 10.1. The molecule has 2 aromatic carbocycles. The van der Waals surface area contributed by atoms with Crippen LogP contribution in [0.4, 0.5) is 10.5 Å². The van der Waals surface area contributed by atoms with E-state index in [4.69, 9.17) is 4.74 Å². The van der Waals surface area contributed by atoms with Gasteiger partial charge in [0.05, 0.1) is 0 Å². The van der Waals surface area contributed by atoms with Crippen molar-refractivity contribution in [2.75, 3.05) is 37.6 Å². The molecule has 1 aliphatic heterocycles. The standard InChI is InChI=1S/C21H25N3O2/c25-21(26-17-19-6-2-1-3-7-19)23-11-5-9-18-8-4-10-20(16-18)24-14-12-22-13-15-24/h1-10,16,22H,11-15,17H2,(H,23,25). The molecule has 0 unspecified atom stereocenters. The smallest absolute Gasteiger partial charge is 0.407 e. The van der Waals surface area contributed by atoms with Gasteiger partial charge in [-0.25, -0.2) is 4.79 Å². The highest BCUT2D eigenvalue weighted by Gasteiger charge is 2.09. The molecule has 0 aromatic heterocycles. The maximum absolute atomic E-state index is 11.7. The first kappa shape index (κ1) is 18.0. The molecule has 1 aliphatic rings. The van der Waals surface area contributed by atoms with Gasteiger partial charge >= 0.3 is 6.09 Å². The highest BCUT2D eigenvalue weighted by molar-refractivity contribution is 5.67. The van der Waals surface area contributed by atoms with Crippen molar-refractivity contribution in [1.29, 1.82) is 0 Å². The summed E-state index contributed by atoms with van der Waals surface area (Å²) in [7, 11) is 0. The van der Waals surface area contributed by atoms with Crippen LogP contribution in [0.2, 0.25) is 0 Å². The third kappa shape index (κ3) is 5.63. The summed E-state index contributed by atoms with van der Waals surface area (Å²) in [6, 6.07) is 18.1. The summed E-state index contributed by atoms with van der Waals surface area (Å²) in [5, 5.41) is 6.10. The van der Waals surface area contributed by atoms with Crippen LogP contribution >= 0.6 is 0 Å². The molecule has 0 aliphatic carbocycles. The van der Waals surface area contributed by atoms with Crippen molar-refractivity contribution in [3.63, 3.8) is 0 Å². The van der Waals surface area contributed by atoms with E-state index in [2.05, 4.69) is 39.8 Å². The number of rotatable bonds is 6. The third-order valence-corrected chi connectivity index (χ3v) is 4.24. The zero-order valence-corrected chi connectivity index (χ0v) is 14.9. The lowest BCUT2D eigenvalue weighted by Crippen LogP contribution is -2.43. The van der Waals surface area contributed by atoms with Crippen LogP contribution in [-0.4, -0.2) is 38.8 Å². The van der Waals surface area contributed by atoms with Gasteiger partial charge in [0.25, 0.3) is 0 Å². The summed E-state index contributed by atoms with van der Waals surface area (Å²) in [6.45, 7) is 4.82. The van der Waals surface area contributed by atoms with E-state index >= 15 is 0 Å². The largest absolute Gasteiger partial charge is 0.445 e. The van der Waals surface area contributed by atoms with Gasteiger partial charge in [0.1, 0.15) is 6.61 Å². The molecule has 5 heteroatoms. The minimum absolute atomic E-state index is 0.281. The summed E-state index contributed by atoms with van der Waals surface area (Å²) in [6.07, 6.45) is 3.54. The number of carbonyl (C=O) groups is 1. The average Bonchev–Trinajstić information content (AvgIpc) is 2.71. The number of ether oxygens (including phenoxy) is 1. The van der Waals surface area contributed by atoms with Crippen LogP contribution < -0.4 is 15.5 Å². The molecule has 1 heterocycles. The van der Waals surface area contributed by atoms with Gasteiger partial charge in [-0.3, -0.25) is 0 Å². The van der Waals surface area contributed by atoms with E-state index in [0.717, 1.165) is 37.3 Å². The SMILES string of the molecule is O=C(NCC=Cc1cccc(N2CCNCC2)c1)OCc1ccccc1. The van der Waals surface area contributed by atoms with Gasteiger partial charge < -0.3 is 20.3 Å². The Morgan fingerprint density at radius 3 is 2.73 bits per heavy atom. The number of piperazine rings is 1. The minimum Gasteiger partial charge on any atom is -0.445 e. The van der Waals surface area contributed by atoms with Crippen molar-refractivity contribution >= 4 is 17.9 Å². The molecule has 0 spiro atoms. The molecular weight excluding hydrogens is 326 g/mol. The van der Waals surface area contributed by atoms with Gasteiger partial charge in [0.15, 0.2) is 0 Å². The molecule has 0 radical (unpaired) electrons. The van der Waals surface area contributed by atoms with Crippen molar-refractivity contribution in [3.8, 4) is 0 Å². The average molecular weight is 351 g/mol. The number of nitrogens with zero attached hydrogens (tertiary/aromatic N) is 1. The van der Waals surface area contributed by atoms with Crippen LogP contribution in [0.1, 0.15) is 11.1 Å². The molecular formula is C21H25N3O2. The lowest BCUT2D eigenvalue weighted by Gasteiger charge is -2.29. The number of benzene rings is 2. The zero-order chi connectivity index (χ0) is 18.0. The normalized spacial score (nSPS) is 14.4. The summed E-state index contributed by atoms with van der Waals surface area (Å²) >= 11 is 0. The fourth-order valence-electron chi connectivity index (χ4n) is 2.86. The van der Waals surface area contributed by atoms with Gasteiger partial charge in [-0.05, 0) is 23.3 Å². The Morgan fingerprint density at radius 2 is 1.92 bits per heavy atom. The number of anilines is 1. The van der Waals surface area contributed by atoms with E-state index in [1.165, 1.54) is 5.69 Å². The fraction of sp³-hybridized carbons (Fsp3) is 0.286. The predicted octanol–water partition coefficient (Wildman–Crippen LogP) is 3.04. The number of carbonyl (C=O) groups excluding carboxylic acids is 1. The van der Waals surface area contributed by atoms with Crippen LogP contribution in [0.25, 0.3) is 6.08 Å². The Morgan fingerprint density at radius 1 is 1.12 bits per heavy atom. The molecule has 0 bridgehead atoms. The van der Waals surface area contributed by atoms with Crippen LogP contribution in [0.5, 0.6) is 0 Å². The van der Waals surface area contributed by atoms with Crippen molar-refractivity contribution in [2.24, 2.45) is 0 Å². The van der Waals surface area contributed by atoms with Crippen LogP contribution in [0.15, 0.2) is 60.7 Å². The summed E-state index contributed by atoms with van der Waals surface area (Å²) < 4.78 is 5.18. The Kier molecular flexibility index (Phi) is 6.67. The summed E-state index contributed by atoms with van der Waals surface area (Å²) in [5.41, 5.74) is 3.34. The minimum atomic E-state index is -0.409. The Balaban J connectivity index is 1.42. The molecule has 0 atom stereocenters. The number of hydrogen-bond donors (Lipinski definition) is 2. The first-order chi connectivity index (χ1) is 12.8. The maximum atomic E-state index is 11.7. The van der Waals surface area contributed by atoms with Crippen molar-refractivity contribution < 1.29 is 9.53 Å². The predicted molar refractivity (Wildman–Crippen MR) is 105 cm³/mol. The fourth-order valence-corrected chi connectivity index (χ4v) is 2.86. The Bertz CT molecular complexity index is 725. The molecule has 0 saturated carbocycles. The monoisotopic (exact) mass is 351 g/mol. The van der Waals surface area contributed by atoms with Crippen molar-refractivity contribution in [1.82, 2.24) is 10.6 Å². The van der Waals surface area contributed by atoms with Gasteiger partial charge in [-0.15, -0.1) is 0 Å². The van der Waals surface area contributed by atoms with Gasteiger partial charge in [0.2, 0.25) is 0 Å². The van der Waals surface area contributed by atoms with E-state index in [9.17, 15) is 4.79 Å². The highest BCUT2D eigenvalue weighted by Crippen LogP contribution is 2.17. The van der Waals surface area contributed by atoms with Crippen molar-refractivity contribution in [3.05, 3.63) is 71.8 Å². The quantitative estimate of drug-likeness (QED) is 0.840. The van der Waals surface area contributed by atoms with E-state index in [1.807, 2.05) is 42.5 Å². The van der Waals surface area contributed by atoms with Crippen LogP contribution in [0, 0.1) is 0 Å². The number of hydrogen-bond acceptors (Lipinski definition) is 4. The van der Waals surface area contributed by atoms with E-state index in [1.54, 1.807) is 0 Å². The topological polar surface area (TPSA) is 53.6 Å². The number of amides is 1. The summed E-state index contributed by atoms with van der Waals surface area (Å²) in [4.78, 5) is 14.1. The first-order valence-electron chi connectivity index (χ1n) is 8.98. The molecule has 26 heavy (non-hydrogen) atoms. The van der Waals surface area contributed by atoms with E-state index in [-0.39, 0.29) is 6.61 Å². The molecule has 2 aromatic rings. The Labute approximate surface area is 154 Å².